The molecule has 2 aliphatic heterocycles. The molecule has 0 spiro atoms. The molecule has 0 saturated carbocycles. The monoisotopic (exact) mass is 298 g/mol. The zero-order valence-corrected chi connectivity index (χ0v) is 13.0. The van der Waals surface area contributed by atoms with Crippen LogP contribution in [0.3, 0.4) is 0 Å². The Labute approximate surface area is 126 Å². The Morgan fingerprint density at radius 3 is 2.76 bits per heavy atom. The number of hydrogen-bond acceptors (Lipinski definition) is 3. The first-order valence-corrected chi connectivity index (χ1v) is 7.90. The van der Waals surface area contributed by atoms with E-state index in [1.165, 1.54) is 4.90 Å². The van der Waals surface area contributed by atoms with E-state index in [4.69, 9.17) is 4.74 Å². The first-order valence-electron chi connectivity index (χ1n) is 7.90. The molecule has 0 aromatic heterocycles. The average Bonchev–Trinajstić information content (AvgIpc) is 2.88. The lowest BCUT2D eigenvalue weighted by Gasteiger charge is -2.39. The van der Waals surface area contributed by atoms with Gasteiger partial charge in [-0.2, -0.15) is 0 Å². The number of piperidine rings is 1. The van der Waals surface area contributed by atoms with Crippen molar-refractivity contribution in [3.63, 3.8) is 0 Å². The number of ether oxygens (including phenoxy) is 1. The number of aliphatic carboxylic acids is 1. The number of carboxylic acids is 1. The summed E-state index contributed by atoms with van der Waals surface area (Å²) in [5, 5.41) is 9.42. The van der Waals surface area contributed by atoms with Gasteiger partial charge in [0.05, 0.1) is 6.10 Å². The summed E-state index contributed by atoms with van der Waals surface area (Å²) in [5.41, 5.74) is -1.06. The third kappa shape index (κ3) is 3.31. The largest absolute Gasteiger partial charge is 0.480 e. The van der Waals surface area contributed by atoms with Crippen molar-refractivity contribution in [2.24, 2.45) is 0 Å². The summed E-state index contributed by atoms with van der Waals surface area (Å²) < 4.78 is 5.75. The van der Waals surface area contributed by atoms with E-state index in [-0.39, 0.29) is 12.1 Å². The number of carboxylic acid groups (broad SMARTS) is 1. The minimum atomic E-state index is -1.06. The van der Waals surface area contributed by atoms with E-state index in [9.17, 15) is 14.7 Å². The van der Waals surface area contributed by atoms with Crippen LogP contribution in [-0.4, -0.2) is 64.8 Å². The summed E-state index contributed by atoms with van der Waals surface area (Å²) in [5.74, 6) is -0.913. The van der Waals surface area contributed by atoms with Crippen LogP contribution in [0.2, 0.25) is 0 Å². The van der Waals surface area contributed by atoms with Crippen LogP contribution in [0.1, 0.15) is 46.0 Å². The number of rotatable bonds is 4. The number of amides is 2. The van der Waals surface area contributed by atoms with Crippen LogP contribution in [0.25, 0.3) is 0 Å². The van der Waals surface area contributed by atoms with Crippen LogP contribution in [-0.2, 0) is 9.53 Å². The van der Waals surface area contributed by atoms with Gasteiger partial charge in [-0.3, -0.25) is 0 Å². The molecule has 120 valence electrons. The van der Waals surface area contributed by atoms with E-state index in [0.29, 0.717) is 32.7 Å². The third-order valence-electron chi connectivity index (χ3n) is 4.54. The Balaban J connectivity index is 2.00. The molecule has 1 N–H and O–H groups in total. The minimum Gasteiger partial charge on any atom is -0.480 e. The highest BCUT2D eigenvalue weighted by Crippen LogP contribution is 2.31. The molecule has 2 saturated heterocycles. The molecule has 2 fully saturated rings. The molecule has 2 rings (SSSR count). The SMILES string of the molecule is CCCOC1CCCN(C(=O)N2CCCC2(C)C(=O)O)C1. The Hall–Kier alpha value is -1.30. The molecule has 21 heavy (non-hydrogen) atoms. The highest BCUT2D eigenvalue weighted by atomic mass is 16.5. The van der Waals surface area contributed by atoms with Crippen LogP contribution in [0.4, 0.5) is 4.79 Å². The van der Waals surface area contributed by atoms with Gasteiger partial charge in [0, 0.05) is 26.2 Å². The van der Waals surface area contributed by atoms with Gasteiger partial charge in [0.2, 0.25) is 0 Å². The molecule has 2 aliphatic rings. The van der Waals surface area contributed by atoms with Gasteiger partial charge in [0.1, 0.15) is 5.54 Å². The first-order chi connectivity index (χ1) is 9.99. The van der Waals surface area contributed by atoms with E-state index >= 15 is 0 Å². The predicted molar refractivity (Wildman–Crippen MR) is 78.2 cm³/mol. The molecule has 6 heteroatoms. The summed E-state index contributed by atoms with van der Waals surface area (Å²) in [4.78, 5) is 27.4. The van der Waals surface area contributed by atoms with Crippen molar-refractivity contribution in [1.29, 1.82) is 0 Å². The summed E-state index contributed by atoms with van der Waals surface area (Å²) in [6.45, 7) is 6.22. The molecule has 0 aromatic carbocycles. The maximum Gasteiger partial charge on any atom is 0.329 e. The first kappa shape index (κ1) is 16.1. The van der Waals surface area contributed by atoms with Gasteiger partial charge in [0.25, 0.3) is 0 Å². The molecule has 0 bridgehead atoms. The maximum atomic E-state index is 12.7. The zero-order chi connectivity index (χ0) is 15.5. The molecule has 6 nitrogen and oxygen atoms in total. The fourth-order valence-electron chi connectivity index (χ4n) is 3.20. The molecule has 0 aromatic rings. The maximum absolute atomic E-state index is 12.7. The normalized spacial score (nSPS) is 29.7. The number of carbonyl (C=O) groups excluding carboxylic acids is 1. The Bertz CT molecular complexity index is 401. The highest BCUT2D eigenvalue weighted by Gasteiger charge is 2.47. The Kier molecular flexibility index (Phi) is 5.08. The van der Waals surface area contributed by atoms with Crippen molar-refractivity contribution in [2.75, 3.05) is 26.2 Å². The molecule has 2 unspecified atom stereocenters. The Morgan fingerprint density at radius 2 is 2.10 bits per heavy atom. The highest BCUT2D eigenvalue weighted by molar-refractivity contribution is 5.86. The molecule has 2 amide bonds. The van der Waals surface area contributed by atoms with Crippen molar-refractivity contribution >= 4 is 12.0 Å². The van der Waals surface area contributed by atoms with Gasteiger partial charge in [0.15, 0.2) is 0 Å². The van der Waals surface area contributed by atoms with Crippen molar-refractivity contribution < 1.29 is 19.4 Å². The zero-order valence-electron chi connectivity index (χ0n) is 13.0. The quantitative estimate of drug-likeness (QED) is 0.861. The third-order valence-corrected chi connectivity index (χ3v) is 4.54. The van der Waals surface area contributed by atoms with Crippen LogP contribution in [0, 0.1) is 0 Å². The topological polar surface area (TPSA) is 70.1 Å². The molecular formula is C15H26N2O4. The molecular weight excluding hydrogens is 272 g/mol. The lowest BCUT2D eigenvalue weighted by atomic mass is 9.99. The number of hydrogen-bond donors (Lipinski definition) is 1. The lowest BCUT2D eigenvalue weighted by molar-refractivity contribution is -0.147. The van der Waals surface area contributed by atoms with Gasteiger partial charge < -0.3 is 19.6 Å². The lowest BCUT2D eigenvalue weighted by Crippen LogP contribution is -2.57. The second kappa shape index (κ2) is 6.64. The van der Waals surface area contributed by atoms with Gasteiger partial charge in [-0.1, -0.05) is 6.92 Å². The standard InChI is InChI=1S/C15H26N2O4/c1-3-10-21-12-6-4-8-16(11-12)14(20)17-9-5-7-15(17,2)13(18)19/h12H,3-11H2,1-2H3,(H,18,19). The van der Waals surface area contributed by atoms with E-state index < -0.39 is 11.5 Å². The van der Waals surface area contributed by atoms with Crippen molar-refractivity contribution in [1.82, 2.24) is 9.80 Å². The molecule has 0 aliphatic carbocycles. The van der Waals surface area contributed by atoms with Gasteiger partial charge in [-0.25, -0.2) is 9.59 Å². The second-order valence-corrected chi connectivity index (χ2v) is 6.20. The molecule has 2 heterocycles. The van der Waals surface area contributed by atoms with Crippen molar-refractivity contribution in [2.45, 2.75) is 57.6 Å². The second-order valence-electron chi connectivity index (χ2n) is 6.20. The summed E-state index contributed by atoms with van der Waals surface area (Å²) in [7, 11) is 0. The number of nitrogens with zero attached hydrogens (tertiary/aromatic N) is 2. The molecule has 0 radical (unpaired) electrons. The number of urea groups is 1. The predicted octanol–water partition coefficient (Wildman–Crippen LogP) is 1.94. The van der Waals surface area contributed by atoms with E-state index in [1.54, 1.807) is 11.8 Å². The van der Waals surface area contributed by atoms with E-state index in [2.05, 4.69) is 6.92 Å². The molecule has 2 atom stereocenters. The fourth-order valence-corrected chi connectivity index (χ4v) is 3.20. The van der Waals surface area contributed by atoms with Gasteiger partial charge in [-0.05, 0) is 39.0 Å². The minimum absolute atomic E-state index is 0.0846. The smallest absolute Gasteiger partial charge is 0.329 e. The Morgan fingerprint density at radius 1 is 1.33 bits per heavy atom. The van der Waals surface area contributed by atoms with E-state index in [1.807, 2.05) is 0 Å². The number of likely N-dealkylation sites (tertiary alicyclic amines) is 2. The fraction of sp³-hybridized carbons (Fsp3) is 0.867. The van der Waals surface area contributed by atoms with Crippen LogP contribution < -0.4 is 0 Å². The summed E-state index contributed by atoms with van der Waals surface area (Å²) >= 11 is 0. The van der Waals surface area contributed by atoms with Gasteiger partial charge in [-0.15, -0.1) is 0 Å². The van der Waals surface area contributed by atoms with Crippen LogP contribution in [0.5, 0.6) is 0 Å². The summed E-state index contributed by atoms with van der Waals surface area (Å²) in [6, 6.07) is -0.151. The van der Waals surface area contributed by atoms with E-state index in [0.717, 1.165) is 25.7 Å². The number of carbonyl (C=O) groups is 2. The van der Waals surface area contributed by atoms with Crippen molar-refractivity contribution in [3.8, 4) is 0 Å². The summed E-state index contributed by atoms with van der Waals surface area (Å²) in [6.07, 6.45) is 4.21. The van der Waals surface area contributed by atoms with Crippen LogP contribution >= 0.6 is 0 Å². The van der Waals surface area contributed by atoms with Crippen LogP contribution in [0.15, 0.2) is 0 Å². The van der Waals surface area contributed by atoms with Gasteiger partial charge >= 0.3 is 12.0 Å². The van der Waals surface area contributed by atoms with Crippen molar-refractivity contribution in [3.05, 3.63) is 0 Å². The average molecular weight is 298 g/mol.